The maximum absolute atomic E-state index is 11.6. The van der Waals surface area contributed by atoms with Gasteiger partial charge >= 0.3 is 6.03 Å². The van der Waals surface area contributed by atoms with Gasteiger partial charge in [0.05, 0.1) is 16.1 Å². The molecule has 0 saturated carbocycles. The van der Waals surface area contributed by atoms with Crippen LogP contribution in [0, 0.1) is 5.92 Å². The highest BCUT2D eigenvalue weighted by atomic mass is 79.9. The molecule has 0 aliphatic heterocycles. The van der Waals surface area contributed by atoms with Crippen LogP contribution >= 0.6 is 32.1 Å². The normalized spacial score (nSPS) is 10.3. The first-order valence-electron chi connectivity index (χ1n) is 4.23. The van der Waals surface area contributed by atoms with Crippen molar-refractivity contribution in [1.29, 1.82) is 0 Å². The standard InChI is InChI=1S/C8H16Br2N2O/c1-7(2)6-11(3)8(13)12(10)5-4-9/h7H,4-6H2,1-3H3. The van der Waals surface area contributed by atoms with E-state index in [-0.39, 0.29) is 6.03 Å². The smallest absolute Gasteiger partial charge is 0.327 e. The number of rotatable bonds is 4. The van der Waals surface area contributed by atoms with Crippen molar-refractivity contribution in [3.8, 4) is 0 Å². The first-order chi connectivity index (χ1) is 5.99. The van der Waals surface area contributed by atoms with Gasteiger partial charge in [0.2, 0.25) is 0 Å². The molecule has 0 fully saturated rings. The van der Waals surface area contributed by atoms with Crippen molar-refractivity contribution in [3.63, 3.8) is 0 Å². The van der Waals surface area contributed by atoms with E-state index in [9.17, 15) is 4.79 Å². The quantitative estimate of drug-likeness (QED) is 0.578. The van der Waals surface area contributed by atoms with E-state index in [2.05, 4.69) is 45.9 Å². The van der Waals surface area contributed by atoms with Crippen LogP contribution in [-0.2, 0) is 0 Å². The van der Waals surface area contributed by atoms with E-state index in [1.165, 1.54) is 3.93 Å². The Balaban J connectivity index is 3.94. The summed E-state index contributed by atoms with van der Waals surface area (Å²) in [7, 11) is 1.81. The second kappa shape index (κ2) is 6.65. The molecule has 0 aromatic carbocycles. The van der Waals surface area contributed by atoms with Gasteiger partial charge in [0.1, 0.15) is 0 Å². The van der Waals surface area contributed by atoms with Gasteiger partial charge in [0.25, 0.3) is 0 Å². The molecule has 0 bridgehead atoms. The van der Waals surface area contributed by atoms with Crippen molar-refractivity contribution in [2.45, 2.75) is 13.8 Å². The summed E-state index contributed by atoms with van der Waals surface area (Å²) in [6.07, 6.45) is 0. The molecule has 0 aromatic heterocycles. The largest absolute Gasteiger partial charge is 0.329 e. The molecule has 13 heavy (non-hydrogen) atoms. The molecule has 0 radical (unpaired) electrons. The number of halogens is 2. The number of urea groups is 1. The molecule has 0 atom stereocenters. The zero-order chi connectivity index (χ0) is 10.4. The molecule has 0 aliphatic carbocycles. The molecule has 0 aromatic rings. The number of hydrogen-bond donors (Lipinski definition) is 0. The monoisotopic (exact) mass is 314 g/mol. The molecule has 0 rings (SSSR count). The van der Waals surface area contributed by atoms with E-state index < -0.39 is 0 Å². The zero-order valence-electron chi connectivity index (χ0n) is 8.26. The molecule has 2 amide bonds. The Kier molecular flexibility index (Phi) is 6.77. The molecule has 0 unspecified atom stereocenters. The van der Waals surface area contributed by atoms with Crippen molar-refractivity contribution < 1.29 is 4.79 Å². The van der Waals surface area contributed by atoms with Crippen molar-refractivity contribution in [1.82, 2.24) is 8.83 Å². The van der Waals surface area contributed by atoms with Crippen LogP contribution in [0.5, 0.6) is 0 Å². The van der Waals surface area contributed by atoms with Gasteiger partial charge in [-0.05, 0) is 5.92 Å². The van der Waals surface area contributed by atoms with E-state index in [4.69, 9.17) is 0 Å². The van der Waals surface area contributed by atoms with Crippen molar-refractivity contribution in [2.24, 2.45) is 5.92 Å². The lowest BCUT2D eigenvalue weighted by molar-refractivity contribution is 0.189. The fraction of sp³-hybridized carbons (Fsp3) is 0.875. The van der Waals surface area contributed by atoms with Gasteiger partial charge < -0.3 is 4.90 Å². The van der Waals surface area contributed by atoms with Crippen LogP contribution < -0.4 is 0 Å². The Labute approximate surface area is 96.9 Å². The third-order valence-electron chi connectivity index (χ3n) is 1.45. The van der Waals surface area contributed by atoms with E-state index in [0.717, 1.165) is 11.9 Å². The number of amides is 2. The molecular formula is C8H16Br2N2O. The van der Waals surface area contributed by atoms with Crippen molar-refractivity contribution in [3.05, 3.63) is 0 Å². The van der Waals surface area contributed by atoms with Crippen LogP contribution in [-0.4, -0.2) is 40.3 Å². The van der Waals surface area contributed by atoms with Gasteiger partial charge in [-0.25, -0.2) is 4.79 Å². The Bertz CT molecular complexity index is 164. The van der Waals surface area contributed by atoms with Crippen LogP contribution in [0.3, 0.4) is 0 Å². The van der Waals surface area contributed by atoms with Crippen LogP contribution in [0.4, 0.5) is 4.79 Å². The lowest BCUT2D eigenvalue weighted by Gasteiger charge is -2.23. The Morgan fingerprint density at radius 2 is 2.00 bits per heavy atom. The fourth-order valence-electron chi connectivity index (χ4n) is 0.981. The highest BCUT2D eigenvalue weighted by Gasteiger charge is 2.15. The second-order valence-electron chi connectivity index (χ2n) is 3.33. The summed E-state index contributed by atoms with van der Waals surface area (Å²) in [4.78, 5) is 13.3. The number of alkyl halides is 1. The van der Waals surface area contributed by atoms with Crippen LogP contribution in [0.1, 0.15) is 13.8 Å². The number of carbonyl (C=O) groups is 1. The molecule has 3 nitrogen and oxygen atoms in total. The van der Waals surface area contributed by atoms with Crippen molar-refractivity contribution in [2.75, 3.05) is 25.5 Å². The Morgan fingerprint density at radius 3 is 2.38 bits per heavy atom. The average Bonchev–Trinajstić information content (AvgIpc) is 2.02. The average molecular weight is 316 g/mol. The summed E-state index contributed by atoms with van der Waals surface area (Å²) in [5.74, 6) is 0.499. The number of nitrogens with zero attached hydrogens (tertiary/aromatic N) is 2. The van der Waals surface area contributed by atoms with Crippen LogP contribution in [0.25, 0.3) is 0 Å². The molecule has 78 valence electrons. The molecule has 0 aliphatic rings. The first kappa shape index (κ1) is 13.2. The third-order valence-corrected chi connectivity index (χ3v) is 2.47. The molecule has 0 heterocycles. The van der Waals surface area contributed by atoms with Crippen molar-refractivity contribution >= 4 is 38.1 Å². The van der Waals surface area contributed by atoms with Gasteiger partial charge in [0.15, 0.2) is 0 Å². The minimum Gasteiger partial charge on any atom is -0.327 e. The zero-order valence-corrected chi connectivity index (χ0v) is 11.4. The minimum absolute atomic E-state index is 0.00755. The molecule has 0 N–H and O–H groups in total. The van der Waals surface area contributed by atoms with Crippen LogP contribution in [0.15, 0.2) is 0 Å². The first-order valence-corrected chi connectivity index (χ1v) is 6.06. The highest BCUT2D eigenvalue weighted by Crippen LogP contribution is 2.06. The summed E-state index contributed by atoms with van der Waals surface area (Å²) >= 11 is 6.48. The Hall–Kier alpha value is 0.230. The van der Waals surface area contributed by atoms with Gasteiger partial charge in [-0.15, -0.1) is 0 Å². The summed E-state index contributed by atoms with van der Waals surface area (Å²) in [5, 5.41) is 0.777. The third kappa shape index (κ3) is 5.52. The van der Waals surface area contributed by atoms with E-state index >= 15 is 0 Å². The SMILES string of the molecule is CC(C)CN(C)C(=O)N(Br)CCBr. The van der Waals surface area contributed by atoms with E-state index in [1.54, 1.807) is 4.90 Å². The maximum Gasteiger partial charge on any atom is 0.329 e. The van der Waals surface area contributed by atoms with E-state index in [1.807, 2.05) is 7.05 Å². The molecule has 0 saturated heterocycles. The topological polar surface area (TPSA) is 23.6 Å². The summed E-state index contributed by atoms with van der Waals surface area (Å²) in [6, 6.07) is 0.00755. The molecule has 5 heteroatoms. The minimum atomic E-state index is 0.00755. The van der Waals surface area contributed by atoms with Gasteiger partial charge in [0, 0.05) is 25.5 Å². The summed E-state index contributed by atoms with van der Waals surface area (Å²) in [5.41, 5.74) is 0. The molecular weight excluding hydrogens is 300 g/mol. The predicted molar refractivity (Wildman–Crippen MR) is 62.3 cm³/mol. The maximum atomic E-state index is 11.6. The Morgan fingerprint density at radius 1 is 1.46 bits per heavy atom. The van der Waals surface area contributed by atoms with Gasteiger partial charge in [-0.3, -0.25) is 3.93 Å². The van der Waals surface area contributed by atoms with E-state index in [0.29, 0.717) is 12.5 Å². The van der Waals surface area contributed by atoms with Gasteiger partial charge in [-0.2, -0.15) is 0 Å². The van der Waals surface area contributed by atoms with Crippen LogP contribution in [0.2, 0.25) is 0 Å². The lowest BCUT2D eigenvalue weighted by Crippen LogP contribution is -2.38. The van der Waals surface area contributed by atoms with Gasteiger partial charge in [-0.1, -0.05) is 29.8 Å². The highest BCUT2D eigenvalue weighted by molar-refractivity contribution is 9.09. The summed E-state index contributed by atoms with van der Waals surface area (Å²) < 4.78 is 1.53. The number of carbonyl (C=O) groups excluding carboxylic acids is 1. The lowest BCUT2D eigenvalue weighted by atomic mass is 10.2. The fourth-order valence-corrected chi connectivity index (χ4v) is 2.26. The molecule has 0 spiro atoms. The second-order valence-corrected chi connectivity index (χ2v) is 4.98. The predicted octanol–water partition coefficient (Wildman–Crippen LogP) is 2.70. The summed E-state index contributed by atoms with van der Waals surface area (Å²) in [6.45, 7) is 5.63. The number of hydrogen-bond acceptors (Lipinski definition) is 1.